The van der Waals surface area contributed by atoms with Crippen LogP contribution >= 0.6 is 23.4 Å². The van der Waals surface area contributed by atoms with Gasteiger partial charge in [-0.3, -0.25) is 0 Å². The summed E-state index contributed by atoms with van der Waals surface area (Å²) in [6.45, 7) is 0.855. The molecule has 0 amide bonds. The van der Waals surface area contributed by atoms with Crippen molar-refractivity contribution in [3.05, 3.63) is 5.28 Å². The molecule has 1 aromatic rings. The van der Waals surface area contributed by atoms with Gasteiger partial charge in [-0.25, -0.2) is 0 Å². The van der Waals surface area contributed by atoms with E-state index in [1.807, 2.05) is 25.9 Å². The Kier molecular flexibility index (Phi) is 6.36. The predicted octanol–water partition coefficient (Wildman–Crippen LogP) is 2.15. The molecule has 0 unspecified atom stereocenters. The van der Waals surface area contributed by atoms with Crippen molar-refractivity contribution in [3.63, 3.8) is 0 Å². The summed E-state index contributed by atoms with van der Waals surface area (Å²) in [6.07, 6.45) is 4.40. The Hall–Kier alpha value is -0.750. The van der Waals surface area contributed by atoms with Crippen LogP contribution in [-0.2, 0) is 0 Å². The molecule has 0 atom stereocenters. The largest absolute Gasteiger partial charge is 0.354 e. The summed E-state index contributed by atoms with van der Waals surface area (Å²) in [5.74, 6) is 2.29. The van der Waals surface area contributed by atoms with Gasteiger partial charge in [0.2, 0.25) is 17.2 Å². The van der Waals surface area contributed by atoms with Crippen molar-refractivity contribution >= 4 is 35.3 Å². The second-order valence-corrected chi connectivity index (χ2v) is 5.07. The summed E-state index contributed by atoms with van der Waals surface area (Å²) in [5, 5.41) is 3.37. The number of nitrogens with zero attached hydrogens (tertiary/aromatic N) is 4. The Labute approximate surface area is 111 Å². The molecule has 0 aliphatic carbocycles. The molecule has 5 nitrogen and oxygen atoms in total. The van der Waals surface area contributed by atoms with Crippen molar-refractivity contribution in [1.82, 2.24) is 15.0 Å². The highest BCUT2D eigenvalue weighted by Crippen LogP contribution is 2.11. The molecule has 0 aromatic carbocycles. The van der Waals surface area contributed by atoms with E-state index in [-0.39, 0.29) is 5.28 Å². The lowest BCUT2D eigenvalue weighted by molar-refractivity contribution is 0.830. The lowest BCUT2D eigenvalue weighted by Gasteiger charge is -2.11. The molecule has 1 heterocycles. The van der Waals surface area contributed by atoms with Crippen LogP contribution in [0.3, 0.4) is 0 Å². The van der Waals surface area contributed by atoms with Crippen molar-refractivity contribution in [2.24, 2.45) is 0 Å². The third-order valence-electron chi connectivity index (χ3n) is 2.05. The smallest absolute Gasteiger partial charge is 0.230 e. The van der Waals surface area contributed by atoms with Gasteiger partial charge in [-0.15, -0.1) is 0 Å². The Bertz CT molecular complexity index is 347. The molecule has 7 heteroatoms. The second-order valence-electron chi connectivity index (χ2n) is 3.75. The van der Waals surface area contributed by atoms with Crippen LogP contribution in [0, 0.1) is 0 Å². The average molecular weight is 276 g/mol. The number of aromatic nitrogens is 3. The summed E-state index contributed by atoms with van der Waals surface area (Å²) >= 11 is 7.68. The molecular weight excluding hydrogens is 258 g/mol. The lowest BCUT2D eigenvalue weighted by atomic mass is 10.3. The number of halogens is 1. The first-order valence-corrected chi connectivity index (χ1v) is 7.22. The first-order chi connectivity index (χ1) is 8.13. The van der Waals surface area contributed by atoms with Gasteiger partial charge < -0.3 is 10.2 Å². The Morgan fingerprint density at radius 3 is 2.65 bits per heavy atom. The highest BCUT2D eigenvalue weighted by molar-refractivity contribution is 7.98. The summed E-state index contributed by atoms with van der Waals surface area (Å²) in [4.78, 5) is 14.1. The van der Waals surface area contributed by atoms with E-state index in [2.05, 4.69) is 26.5 Å². The molecule has 0 saturated carbocycles. The topological polar surface area (TPSA) is 53.9 Å². The van der Waals surface area contributed by atoms with Crippen molar-refractivity contribution < 1.29 is 0 Å². The maximum atomic E-state index is 5.82. The highest BCUT2D eigenvalue weighted by Gasteiger charge is 2.05. The molecule has 1 rings (SSSR count). The molecule has 0 aliphatic heterocycles. The zero-order chi connectivity index (χ0) is 12.7. The number of rotatable bonds is 7. The molecule has 0 saturated heterocycles. The number of hydrogen-bond acceptors (Lipinski definition) is 6. The maximum absolute atomic E-state index is 5.82. The number of hydrogen-bond donors (Lipinski definition) is 1. The monoisotopic (exact) mass is 275 g/mol. The van der Waals surface area contributed by atoms with E-state index in [1.165, 1.54) is 12.2 Å². The number of thioether (sulfide) groups is 1. The van der Waals surface area contributed by atoms with E-state index in [1.54, 1.807) is 4.90 Å². The molecule has 1 aromatic heterocycles. The fraction of sp³-hybridized carbons (Fsp3) is 0.700. The minimum Gasteiger partial charge on any atom is -0.354 e. The van der Waals surface area contributed by atoms with E-state index in [9.17, 15) is 0 Å². The third kappa shape index (κ3) is 5.41. The first-order valence-electron chi connectivity index (χ1n) is 5.45. The van der Waals surface area contributed by atoms with Crippen LogP contribution in [0.15, 0.2) is 0 Å². The number of anilines is 2. The number of nitrogens with one attached hydrogen (secondary N) is 1. The molecular formula is C10H18ClN5S. The third-order valence-corrected chi connectivity index (χ3v) is 2.92. The molecule has 0 fully saturated rings. The molecule has 17 heavy (non-hydrogen) atoms. The Morgan fingerprint density at radius 2 is 2.00 bits per heavy atom. The average Bonchev–Trinajstić information content (AvgIpc) is 2.28. The van der Waals surface area contributed by atoms with Crippen molar-refractivity contribution in [3.8, 4) is 0 Å². The van der Waals surface area contributed by atoms with Crippen LogP contribution in [0.5, 0.6) is 0 Å². The molecule has 1 N–H and O–H groups in total. The zero-order valence-electron chi connectivity index (χ0n) is 10.4. The second kappa shape index (κ2) is 7.55. The van der Waals surface area contributed by atoms with Crippen LogP contribution < -0.4 is 10.2 Å². The van der Waals surface area contributed by atoms with Gasteiger partial charge >= 0.3 is 0 Å². The van der Waals surface area contributed by atoms with Gasteiger partial charge in [-0.2, -0.15) is 26.7 Å². The summed E-state index contributed by atoms with van der Waals surface area (Å²) in [5.41, 5.74) is 0. The molecule has 0 radical (unpaired) electrons. The molecule has 0 spiro atoms. The van der Waals surface area contributed by atoms with Gasteiger partial charge in [0.15, 0.2) is 0 Å². The minimum absolute atomic E-state index is 0.218. The SMILES string of the molecule is CSCCCCNc1nc(Cl)nc(N(C)C)n1. The van der Waals surface area contributed by atoms with E-state index in [0.29, 0.717) is 11.9 Å². The van der Waals surface area contributed by atoms with Gasteiger partial charge in [0, 0.05) is 20.6 Å². The molecule has 0 aliphatic rings. The lowest BCUT2D eigenvalue weighted by Crippen LogP contribution is -2.15. The van der Waals surface area contributed by atoms with Crippen LogP contribution in [0.2, 0.25) is 5.28 Å². The van der Waals surface area contributed by atoms with E-state index >= 15 is 0 Å². The van der Waals surface area contributed by atoms with Crippen molar-refractivity contribution in [1.29, 1.82) is 0 Å². The van der Waals surface area contributed by atoms with Gasteiger partial charge in [0.1, 0.15) is 0 Å². The van der Waals surface area contributed by atoms with Gasteiger partial charge in [0.25, 0.3) is 0 Å². The highest BCUT2D eigenvalue weighted by atomic mass is 35.5. The Balaban J connectivity index is 2.47. The minimum atomic E-state index is 0.218. The normalized spacial score (nSPS) is 10.4. The summed E-state index contributed by atoms with van der Waals surface area (Å²) < 4.78 is 0. The van der Waals surface area contributed by atoms with E-state index in [4.69, 9.17) is 11.6 Å². The molecule has 0 bridgehead atoms. The van der Waals surface area contributed by atoms with Crippen LogP contribution in [0.25, 0.3) is 0 Å². The standard InChI is InChI=1S/C10H18ClN5S/c1-16(2)10-14-8(11)13-9(15-10)12-6-4-5-7-17-3/h4-7H2,1-3H3,(H,12,13,14,15). The van der Waals surface area contributed by atoms with E-state index in [0.717, 1.165) is 13.0 Å². The fourth-order valence-corrected chi connectivity index (χ4v) is 1.84. The maximum Gasteiger partial charge on any atom is 0.230 e. The number of unbranched alkanes of at least 4 members (excludes halogenated alkanes) is 1. The van der Waals surface area contributed by atoms with Crippen molar-refractivity contribution in [2.45, 2.75) is 12.8 Å². The molecule has 96 valence electrons. The summed E-state index contributed by atoms with van der Waals surface area (Å²) in [6, 6.07) is 0. The quantitative estimate of drug-likeness (QED) is 0.770. The fourth-order valence-electron chi connectivity index (χ4n) is 1.19. The summed E-state index contributed by atoms with van der Waals surface area (Å²) in [7, 11) is 3.74. The first kappa shape index (κ1) is 14.3. The van der Waals surface area contributed by atoms with E-state index < -0.39 is 0 Å². The predicted molar refractivity (Wildman–Crippen MR) is 75.3 cm³/mol. The van der Waals surface area contributed by atoms with Gasteiger partial charge in [0.05, 0.1) is 0 Å². The zero-order valence-corrected chi connectivity index (χ0v) is 12.0. The van der Waals surface area contributed by atoms with Gasteiger partial charge in [-0.1, -0.05) is 0 Å². The van der Waals surface area contributed by atoms with Gasteiger partial charge in [-0.05, 0) is 36.5 Å². The van der Waals surface area contributed by atoms with Crippen LogP contribution in [0.4, 0.5) is 11.9 Å². The van der Waals surface area contributed by atoms with Crippen LogP contribution in [-0.4, -0.2) is 47.6 Å². The van der Waals surface area contributed by atoms with Crippen LogP contribution in [0.1, 0.15) is 12.8 Å². The Morgan fingerprint density at radius 1 is 1.24 bits per heavy atom. The van der Waals surface area contributed by atoms with Crippen molar-refractivity contribution in [2.75, 3.05) is 42.9 Å².